The van der Waals surface area contributed by atoms with E-state index in [-0.39, 0.29) is 18.4 Å². The molecule has 0 saturated carbocycles. The van der Waals surface area contributed by atoms with E-state index in [0.717, 1.165) is 30.5 Å². The van der Waals surface area contributed by atoms with Gasteiger partial charge in [0, 0.05) is 18.1 Å². The molecule has 0 aliphatic heterocycles. The molecule has 0 unspecified atom stereocenters. The Hall–Kier alpha value is -1.65. The molecule has 0 radical (unpaired) electrons. The van der Waals surface area contributed by atoms with Gasteiger partial charge in [-0.15, -0.1) is 0 Å². The fraction of sp³-hybridized carbons (Fsp3) is 0.375. The first-order valence-corrected chi connectivity index (χ1v) is 6.99. The van der Waals surface area contributed by atoms with Gasteiger partial charge in [-0.25, -0.2) is 4.79 Å². The number of carbonyl (C=O) groups is 1. The number of nitrogens with zero attached hydrogens (tertiary/aromatic N) is 2. The summed E-state index contributed by atoms with van der Waals surface area (Å²) in [6.07, 6.45) is 1.64. The minimum absolute atomic E-state index is 0. The first kappa shape index (κ1) is 17.4. The maximum Gasteiger partial charge on any atom is 0.338 e. The highest BCUT2D eigenvalue weighted by Crippen LogP contribution is 2.16. The van der Waals surface area contributed by atoms with E-state index in [0.29, 0.717) is 12.2 Å². The number of para-hydroxylation sites is 1. The summed E-state index contributed by atoms with van der Waals surface area (Å²) in [4.78, 5) is 18.6. The number of hydrogen-bond donors (Lipinski definition) is 0. The Bertz CT molecular complexity index is 580. The van der Waals surface area contributed by atoms with Crippen LogP contribution in [-0.2, 0) is 4.74 Å². The SMILES string of the molecule is CCN(CC)CCOC(=O)c1ccnc2ccccc12.[Cl-]. The van der Waals surface area contributed by atoms with E-state index in [9.17, 15) is 4.79 Å². The number of rotatable bonds is 6. The van der Waals surface area contributed by atoms with E-state index in [4.69, 9.17) is 4.74 Å². The molecule has 1 aromatic heterocycles. The Morgan fingerprint density at radius 1 is 1.19 bits per heavy atom. The molecule has 2 aromatic rings. The van der Waals surface area contributed by atoms with Gasteiger partial charge >= 0.3 is 5.97 Å². The molecule has 0 aliphatic carbocycles. The number of fused-ring (bicyclic) bond motifs is 1. The van der Waals surface area contributed by atoms with Crippen LogP contribution in [0.1, 0.15) is 24.2 Å². The van der Waals surface area contributed by atoms with Crippen molar-refractivity contribution >= 4 is 16.9 Å². The minimum atomic E-state index is -0.282. The molecule has 0 N–H and O–H groups in total. The van der Waals surface area contributed by atoms with Crippen molar-refractivity contribution in [3.05, 3.63) is 42.1 Å². The van der Waals surface area contributed by atoms with Crippen molar-refractivity contribution in [2.75, 3.05) is 26.2 Å². The Kier molecular flexibility index (Phi) is 7.12. The van der Waals surface area contributed by atoms with Gasteiger partial charge in [0.05, 0.1) is 11.1 Å². The van der Waals surface area contributed by atoms with Crippen LogP contribution in [0.5, 0.6) is 0 Å². The number of halogens is 1. The zero-order valence-electron chi connectivity index (χ0n) is 12.4. The second-order valence-corrected chi connectivity index (χ2v) is 4.54. The molecule has 0 aliphatic rings. The number of carbonyl (C=O) groups excluding carboxylic acids is 1. The molecule has 4 nitrogen and oxygen atoms in total. The number of pyridine rings is 1. The Morgan fingerprint density at radius 3 is 2.62 bits per heavy atom. The van der Waals surface area contributed by atoms with Crippen molar-refractivity contribution in [3.63, 3.8) is 0 Å². The summed E-state index contributed by atoms with van der Waals surface area (Å²) in [7, 11) is 0. The number of hydrogen-bond acceptors (Lipinski definition) is 4. The molecule has 2 rings (SSSR count). The number of benzene rings is 1. The van der Waals surface area contributed by atoms with Gasteiger partial charge in [0.25, 0.3) is 0 Å². The molecule has 5 heteroatoms. The van der Waals surface area contributed by atoms with Crippen molar-refractivity contribution in [3.8, 4) is 0 Å². The highest BCUT2D eigenvalue weighted by Gasteiger charge is 2.11. The Balaban J connectivity index is 0.00000220. The molecule has 0 amide bonds. The van der Waals surface area contributed by atoms with Crippen LogP contribution >= 0.6 is 0 Å². The average molecular weight is 308 g/mol. The van der Waals surface area contributed by atoms with Crippen molar-refractivity contribution in [1.82, 2.24) is 9.88 Å². The molecule has 1 aromatic carbocycles. The molecule has 0 atom stereocenters. The van der Waals surface area contributed by atoms with Gasteiger partial charge in [-0.3, -0.25) is 4.98 Å². The third kappa shape index (κ3) is 4.41. The molecule has 114 valence electrons. The van der Waals surface area contributed by atoms with E-state index in [1.54, 1.807) is 12.3 Å². The maximum atomic E-state index is 12.1. The third-order valence-electron chi connectivity index (χ3n) is 3.40. The Labute approximate surface area is 131 Å². The smallest absolute Gasteiger partial charge is 0.338 e. The lowest BCUT2D eigenvalue weighted by atomic mass is 10.1. The minimum Gasteiger partial charge on any atom is -1.00 e. The van der Waals surface area contributed by atoms with Gasteiger partial charge in [-0.1, -0.05) is 32.0 Å². The molecule has 0 bridgehead atoms. The van der Waals surface area contributed by atoms with Crippen molar-refractivity contribution < 1.29 is 21.9 Å². The number of aromatic nitrogens is 1. The third-order valence-corrected chi connectivity index (χ3v) is 3.40. The number of esters is 1. The van der Waals surface area contributed by atoms with Gasteiger partial charge < -0.3 is 22.0 Å². The summed E-state index contributed by atoms with van der Waals surface area (Å²) in [5, 5.41) is 0.836. The molecule has 1 heterocycles. The second kappa shape index (κ2) is 8.60. The average Bonchev–Trinajstić information content (AvgIpc) is 2.51. The molecular weight excluding hydrogens is 288 g/mol. The van der Waals surface area contributed by atoms with Gasteiger partial charge in [-0.05, 0) is 25.2 Å². The van der Waals surface area contributed by atoms with Gasteiger partial charge in [-0.2, -0.15) is 0 Å². The lowest BCUT2D eigenvalue weighted by Gasteiger charge is -2.17. The van der Waals surface area contributed by atoms with Crippen molar-refractivity contribution in [2.45, 2.75) is 13.8 Å². The largest absolute Gasteiger partial charge is 1.00 e. The van der Waals surface area contributed by atoms with E-state index >= 15 is 0 Å². The van der Waals surface area contributed by atoms with E-state index in [1.807, 2.05) is 24.3 Å². The normalized spacial score (nSPS) is 10.4. The highest BCUT2D eigenvalue weighted by molar-refractivity contribution is 6.03. The van der Waals surface area contributed by atoms with E-state index in [1.165, 1.54) is 0 Å². The summed E-state index contributed by atoms with van der Waals surface area (Å²) >= 11 is 0. The fourth-order valence-corrected chi connectivity index (χ4v) is 2.16. The zero-order chi connectivity index (χ0) is 14.4. The van der Waals surface area contributed by atoms with E-state index < -0.39 is 0 Å². The van der Waals surface area contributed by atoms with Crippen molar-refractivity contribution in [2.24, 2.45) is 0 Å². The van der Waals surface area contributed by atoms with Crippen LogP contribution in [0.3, 0.4) is 0 Å². The summed E-state index contributed by atoms with van der Waals surface area (Å²) in [6.45, 7) is 7.31. The van der Waals surface area contributed by atoms with Crippen LogP contribution in [-0.4, -0.2) is 42.1 Å². The Morgan fingerprint density at radius 2 is 1.90 bits per heavy atom. The van der Waals surface area contributed by atoms with Gasteiger partial charge in [0.2, 0.25) is 0 Å². The zero-order valence-corrected chi connectivity index (χ0v) is 13.1. The van der Waals surface area contributed by atoms with Crippen LogP contribution in [0, 0.1) is 0 Å². The predicted octanol–water partition coefficient (Wildman–Crippen LogP) is -0.263. The number of likely N-dealkylation sites (N-methyl/N-ethyl adjacent to an activating group) is 1. The monoisotopic (exact) mass is 307 g/mol. The molecule has 21 heavy (non-hydrogen) atoms. The maximum absolute atomic E-state index is 12.1. The standard InChI is InChI=1S/C16H20N2O2.ClH/c1-3-18(4-2)11-12-20-16(19)14-9-10-17-15-8-6-5-7-13(14)15;/h5-10H,3-4,11-12H2,1-2H3;1H/p-1. The molecule has 0 spiro atoms. The summed E-state index contributed by atoms with van der Waals surface area (Å²) < 4.78 is 5.36. The van der Waals surface area contributed by atoms with Gasteiger partial charge in [0.15, 0.2) is 0 Å². The second-order valence-electron chi connectivity index (χ2n) is 4.54. The number of ether oxygens (including phenoxy) is 1. The highest BCUT2D eigenvalue weighted by atomic mass is 35.5. The van der Waals surface area contributed by atoms with Crippen molar-refractivity contribution in [1.29, 1.82) is 0 Å². The molecule has 0 saturated heterocycles. The van der Waals surface area contributed by atoms with Crippen LogP contribution in [0.4, 0.5) is 0 Å². The first-order chi connectivity index (χ1) is 9.76. The van der Waals surface area contributed by atoms with E-state index in [2.05, 4.69) is 23.7 Å². The molecule has 0 fully saturated rings. The van der Waals surface area contributed by atoms with Crippen LogP contribution in [0.15, 0.2) is 36.5 Å². The summed E-state index contributed by atoms with van der Waals surface area (Å²) in [5.74, 6) is -0.282. The van der Waals surface area contributed by atoms with Gasteiger partial charge in [0.1, 0.15) is 6.61 Å². The summed E-state index contributed by atoms with van der Waals surface area (Å²) in [6, 6.07) is 9.30. The van der Waals surface area contributed by atoms with Crippen LogP contribution < -0.4 is 12.4 Å². The van der Waals surface area contributed by atoms with Crippen LogP contribution in [0.2, 0.25) is 0 Å². The fourth-order valence-electron chi connectivity index (χ4n) is 2.16. The summed E-state index contributed by atoms with van der Waals surface area (Å²) in [5.41, 5.74) is 1.39. The topological polar surface area (TPSA) is 42.4 Å². The van der Waals surface area contributed by atoms with Crippen LogP contribution in [0.25, 0.3) is 10.9 Å². The lowest BCUT2D eigenvalue weighted by Crippen LogP contribution is -3.00. The first-order valence-electron chi connectivity index (χ1n) is 6.99. The quantitative estimate of drug-likeness (QED) is 0.690. The predicted molar refractivity (Wildman–Crippen MR) is 79.8 cm³/mol. The molecular formula is C16H20ClN2O2-. The lowest BCUT2D eigenvalue weighted by molar-refractivity contribution is -0.0000230.